The van der Waals surface area contributed by atoms with Gasteiger partial charge in [0.1, 0.15) is 22.8 Å². The van der Waals surface area contributed by atoms with E-state index in [2.05, 4.69) is 25.5 Å². The van der Waals surface area contributed by atoms with Crippen molar-refractivity contribution in [1.82, 2.24) is 29.8 Å². The molecule has 0 spiro atoms. The predicted molar refractivity (Wildman–Crippen MR) is 175 cm³/mol. The highest BCUT2D eigenvalue weighted by molar-refractivity contribution is 8.02. The highest BCUT2D eigenvalue weighted by atomic mass is 32.2. The summed E-state index contributed by atoms with van der Waals surface area (Å²) in [6.07, 6.45) is 0. The van der Waals surface area contributed by atoms with E-state index in [0.29, 0.717) is 20.6 Å². The van der Waals surface area contributed by atoms with Crippen LogP contribution < -0.4 is 16.6 Å². The number of oxime groups is 1. The fraction of sp³-hybridized carbons (Fsp3) is 0.222. The molecule has 1 fully saturated rings. The number of carbonyl (C=O) groups is 4. The summed E-state index contributed by atoms with van der Waals surface area (Å²) < 4.78 is 1.66. The third-order valence-electron chi connectivity index (χ3n) is 7.00. The number of amides is 2. The standard InChI is InChI=1S/C27H22N8O9S4/c1-9-3-14(36)15(37)5-12(9)24(43)44-33-17(13-8-46-25(28)30-13)20(39)31-18-21(40)34-19(23(41)42)11(6-45-22(18)34)7-47-27-32-35-16(38)4-10(2)29-26(35)48-27/h3-5,8,18,22,36-37H,6-7H2,1-2H3,(H2,28,30)(H,31,39)(H,41,42)/b33-17-/t18-,22-/m1/s1. The number of aromatic hydroxyl groups is 2. The van der Waals surface area contributed by atoms with Crippen LogP contribution in [0.1, 0.15) is 27.3 Å². The van der Waals surface area contributed by atoms with E-state index >= 15 is 0 Å². The maximum Gasteiger partial charge on any atom is 0.366 e. The SMILES string of the molecule is Cc1cc(=O)n2nc(SCC3=C(C(=O)O)N4C(=O)[C@@H](NC(=O)/C(=N\OC(=O)c5cc(O)c(O)cc5C)c5csc(N)n5)[C@H]4SC3)sc2n1. The van der Waals surface area contributed by atoms with Crippen LogP contribution in [0.5, 0.6) is 11.5 Å². The van der Waals surface area contributed by atoms with Gasteiger partial charge in [0, 0.05) is 28.6 Å². The van der Waals surface area contributed by atoms with E-state index in [1.807, 2.05) is 0 Å². The van der Waals surface area contributed by atoms with Crippen molar-refractivity contribution in [3.8, 4) is 11.5 Å². The monoisotopic (exact) mass is 730 g/mol. The maximum absolute atomic E-state index is 13.4. The molecule has 6 rings (SSSR count). The van der Waals surface area contributed by atoms with E-state index in [1.54, 1.807) is 6.92 Å². The van der Waals surface area contributed by atoms with Crippen molar-refractivity contribution in [2.45, 2.75) is 29.6 Å². The van der Waals surface area contributed by atoms with Crippen molar-refractivity contribution in [3.63, 3.8) is 0 Å². The van der Waals surface area contributed by atoms with E-state index < -0.39 is 52.4 Å². The number of thioether (sulfide) groups is 2. The number of benzene rings is 1. The topological polar surface area (TPSA) is 252 Å². The van der Waals surface area contributed by atoms with Gasteiger partial charge in [-0.2, -0.15) is 4.52 Å². The number of phenols is 2. The lowest BCUT2D eigenvalue weighted by atomic mass is 10.0. The smallest absolute Gasteiger partial charge is 0.366 e. The van der Waals surface area contributed by atoms with Gasteiger partial charge in [0.15, 0.2) is 26.7 Å². The van der Waals surface area contributed by atoms with Gasteiger partial charge in [-0.25, -0.2) is 19.6 Å². The van der Waals surface area contributed by atoms with Crippen molar-refractivity contribution >= 4 is 85.8 Å². The van der Waals surface area contributed by atoms with E-state index in [4.69, 9.17) is 10.6 Å². The van der Waals surface area contributed by atoms with E-state index in [1.165, 1.54) is 57.7 Å². The Morgan fingerprint density at radius 2 is 1.92 bits per heavy atom. The van der Waals surface area contributed by atoms with Crippen LogP contribution in [0.25, 0.3) is 4.96 Å². The van der Waals surface area contributed by atoms with Gasteiger partial charge in [0.25, 0.3) is 17.4 Å². The third-order valence-corrected chi connectivity index (χ3v) is 11.1. The molecule has 4 aromatic rings. The van der Waals surface area contributed by atoms with Crippen molar-refractivity contribution in [1.29, 1.82) is 0 Å². The summed E-state index contributed by atoms with van der Waals surface area (Å²) in [5.74, 6) is -4.65. The number of anilines is 1. The number of nitrogens with zero attached hydrogens (tertiary/aromatic N) is 6. The number of rotatable bonds is 9. The molecule has 5 heterocycles. The highest BCUT2D eigenvalue weighted by Gasteiger charge is 2.54. The first-order valence-electron chi connectivity index (χ1n) is 13.6. The minimum atomic E-state index is -1.32. The Morgan fingerprint density at radius 1 is 1.17 bits per heavy atom. The summed E-state index contributed by atoms with van der Waals surface area (Å²) in [7, 11) is 0. The first-order valence-corrected chi connectivity index (χ1v) is 17.3. The fourth-order valence-electron chi connectivity index (χ4n) is 4.75. The lowest BCUT2D eigenvalue weighted by Gasteiger charge is -2.49. The Balaban J connectivity index is 1.19. The number of hydrogen-bond donors (Lipinski definition) is 5. The van der Waals surface area contributed by atoms with Gasteiger partial charge in [-0.05, 0) is 37.1 Å². The zero-order valence-corrected chi connectivity index (χ0v) is 27.8. The number of aryl methyl sites for hydroxylation is 2. The first-order chi connectivity index (χ1) is 22.8. The number of carbonyl (C=O) groups excluding carboxylic acids is 3. The van der Waals surface area contributed by atoms with Gasteiger partial charge in [-0.15, -0.1) is 28.2 Å². The number of hydrogen-bond acceptors (Lipinski definition) is 17. The second-order valence-electron chi connectivity index (χ2n) is 10.3. The van der Waals surface area contributed by atoms with Crippen LogP contribution >= 0.6 is 46.2 Å². The number of fused-ring (bicyclic) bond motifs is 2. The average molecular weight is 731 g/mol. The Morgan fingerprint density at radius 3 is 2.62 bits per heavy atom. The number of β-lactam (4-membered cyclic amide) rings is 1. The molecule has 0 aliphatic carbocycles. The Labute approximate surface area is 285 Å². The molecule has 248 valence electrons. The molecule has 0 unspecified atom stereocenters. The molecular weight excluding hydrogens is 709 g/mol. The summed E-state index contributed by atoms with van der Waals surface area (Å²) in [6, 6.07) is 2.33. The normalized spacial score (nSPS) is 17.7. The molecule has 0 radical (unpaired) electrons. The molecule has 1 saturated heterocycles. The van der Waals surface area contributed by atoms with Gasteiger partial charge < -0.3 is 31.2 Å². The largest absolute Gasteiger partial charge is 0.504 e. The second kappa shape index (κ2) is 12.9. The quantitative estimate of drug-likeness (QED) is 0.0407. The summed E-state index contributed by atoms with van der Waals surface area (Å²) in [6.45, 7) is 3.17. The van der Waals surface area contributed by atoms with Crippen LogP contribution in [0.3, 0.4) is 0 Å². The van der Waals surface area contributed by atoms with Crippen molar-refractivity contribution in [2.24, 2.45) is 5.16 Å². The number of nitrogens with two attached hydrogens (primary N) is 1. The van der Waals surface area contributed by atoms with Gasteiger partial charge in [-0.3, -0.25) is 19.3 Å². The lowest BCUT2D eigenvalue weighted by Crippen LogP contribution is -2.71. The van der Waals surface area contributed by atoms with Gasteiger partial charge in [0.05, 0.1) is 5.56 Å². The zero-order valence-electron chi connectivity index (χ0n) is 24.6. The van der Waals surface area contributed by atoms with E-state index in [9.17, 15) is 39.3 Å². The van der Waals surface area contributed by atoms with Crippen molar-refractivity contribution < 1.29 is 39.3 Å². The Bertz CT molecular complexity index is 2160. The maximum atomic E-state index is 13.4. The van der Waals surface area contributed by atoms with Crippen LogP contribution in [0.4, 0.5) is 5.13 Å². The minimum absolute atomic E-state index is 0.0547. The van der Waals surface area contributed by atoms with Gasteiger partial charge in [0.2, 0.25) is 4.96 Å². The third kappa shape index (κ3) is 6.19. The Kier molecular flexibility index (Phi) is 8.85. The second-order valence-corrected chi connectivity index (χ2v) is 14.4. The first kappa shape index (κ1) is 32.9. The molecule has 6 N–H and O–H groups in total. The van der Waals surface area contributed by atoms with Crippen LogP contribution in [-0.4, -0.2) is 92.2 Å². The fourth-order valence-corrected chi connectivity index (χ4v) is 8.77. The number of carboxylic acid groups (broad SMARTS) is 1. The van der Waals surface area contributed by atoms with E-state index in [0.717, 1.165) is 28.4 Å². The zero-order chi connectivity index (χ0) is 34.4. The molecule has 48 heavy (non-hydrogen) atoms. The molecule has 3 aromatic heterocycles. The molecular formula is C27H22N8O9S4. The number of nitrogen functional groups attached to an aromatic ring is 1. The van der Waals surface area contributed by atoms with Crippen LogP contribution in [-0.2, 0) is 19.2 Å². The number of phenolic OH excluding ortho intramolecular Hbond substituents is 2. The summed E-state index contributed by atoms with van der Waals surface area (Å²) in [4.78, 5) is 78.8. The summed E-state index contributed by atoms with van der Waals surface area (Å²) in [5.41, 5.74) is 5.75. The number of aliphatic carboxylic acids is 1. The number of aromatic nitrogens is 4. The van der Waals surface area contributed by atoms with Crippen LogP contribution in [0, 0.1) is 13.8 Å². The predicted octanol–water partition coefficient (Wildman–Crippen LogP) is 1.31. The summed E-state index contributed by atoms with van der Waals surface area (Å²) in [5, 5.41) is 40.7. The van der Waals surface area contributed by atoms with Crippen LogP contribution in [0.2, 0.25) is 0 Å². The molecule has 21 heteroatoms. The minimum Gasteiger partial charge on any atom is -0.504 e. The van der Waals surface area contributed by atoms with Gasteiger partial charge >= 0.3 is 11.9 Å². The van der Waals surface area contributed by atoms with Crippen molar-refractivity contribution in [2.75, 3.05) is 17.2 Å². The van der Waals surface area contributed by atoms with Gasteiger partial charge in [-0.1, -0.05) is 28.3 Å². The molecule has 2 aliphatic heterocycles. The molecule has 0 saturated carbocycles. The number of nitrogens with one attached hydrogen (secondary N) is 1. The molecule has 1 aromatic carbocycles. The lowest BCUT2D eigenvalue weighted by molar-refractivity contribution is -0.150. The number of carboxylic acids is 1. The molecule has 2 amide bonds. The molecule has 2 aliphatic rings. The van der Waals surface area contributed by atoms with Crippen molar-refractivity contribution in [3.05, 3.63) is 67.7 Å². The van der Waals surface area contributed by atoms with Crippen LogP contribution in [0.15, 0.2) is 49.1 Å². The average Bonchev–Trinajstić information content (AvgIpc) is 3.65. The van der Waals surface area contributed by atoms with E-state index in [-0.39, 0.29) is 44.7 Å². The number of thiazole rings is 1. The molecule has 17 nitrogen and oxygen atoms in total. The summed E-state index contributed by atoms with van der Waals surface area (Å²) >= 11 is 4.61. The molecule has 0 bridgehead atoms. The Hall–Kier alpha value is -4.99. The molecule has 2 atom stereocenters. The highest BCUT2D eigenvalue weighted by Crippen LogP contribution is 2.42.